The summed E-state index contributed by atoms with van der Waals surface area (Å²) in [5, 5.41) is 0. The van der Waals surface area contributed by atoms with Gasteiger partial charge in [0, 0.05) is 5.57 Å². The van der Waals surface area contributed by atoms with Crippen LogP contribution in [0.5, 0.6) is 0 Å². The molecule has 0 spiro atoms. The van der Waals surface area contributed by atoms with Crippen LogP contribution in [0.25, 0.3) is 0 Å². The molecule has 0 aromatic carbocycles. The molecule has 80 valence electrons. The fraction of sp³-hybridized carbons (Fsp3) is 0.400. The molecule has 0 rings (SSSR count). The molecule has 0 radical (unpaired) electrons. The van der Waals surface area contributed by atoms with E-state index in [1.807, 2.05) is 0 Å². The lowest BCUT2D eigenvalue weighted by Gasteiger charge is -2.40. The minimum absolute atomic E-state index is 0.777. The predicted octanol–water partition coefficient (Wildman–Crippen LogP) is 3.01. The molecular weight excluding hydrogens is 219 g/mol. The van der Waals surface area contributed by atoms with Crippen LogP contribution in [0.2, 0.25) is 0 Å². The number of hydrogen-bond donors (Lipinski definition) is 0. The van der Waals surface area contributed by atoms with Crippen LogP contribution in [0.1, 0.15) is 0 Å². The second-order valence-electron chi connectivity index (χ2n) is 2.37. The van der Waals surface area contributed by atoms with E-state index in [0.29, 0.717) is 0 Å². The summed E-state index contributed by atoms with van der Waals surface area (Å²) >= 11 is 0. The van der Waals surface area contributed by atoms with Crippen LogP contribution in [-0.4, -0.2) is 18.8 Å². The van der Waals surface area contributed by atoms with Crippen molar-refractivity contribution in [2.75, 3.05) is 12.9 Å². The van der Waals surface area contributed by atoms with Crippen molar-refractivity contribution in [1.29, 1.82) is 0 Å². The van der Waals surface area contributed by atoms with Crippen molar-refractivity contribution in [3.8, 4) is 0 Å². The van der Waals surface area contributed by atoms with E-state index in [1.165, 1.54) is 0 Å². The second-order valence-corrected chi connectivity index (χ2v) is 4.91. The van der Waals surface area contributed by atoms with Crippen LogP contribution in [0, 0.1) is 0 Å². The Bertz CT molecular complexity index is 252. The number of carbonyl (C=O) groups is 1. The summed E-state index contributed by atoms with van der Waals surface area (Å²) in [6.07, 6.45) is 0. The number of ether oxygens (including phenoxy) is 1. The molecular formula is C5H7F5O2S. The number of carbonyl (C=O) groups excluding carboxylic acids is 1. The summed E-state index contributed by atoms with van der Waals surface area (Å²) in [4.78, 5) is 10.3. The Labute approximate surface area is 71.1 Å². The molecule has 8 heteroatoms. The Morgan fingerprint density at radius 1 is 1.31 bits per heavy atom. The number of hydrogen-bond acceptors (Lipinski definition) is 2. The molecule has 2 nitrogen and oxygen atoms in total. The lowest BCUT2D eigenvalue weighted by atomic mass is 10.4. The molecule has 0 aromatic heterocycles. The van der Waals surface area contributed by atoms with E-state index in [4.69, 9.17) is 0 Å². The highest BCUT2D eigenvalue weighted by Crippen LogP contribution is 2.98. The minimum atomic E-state index is -9.59. The molecule has 0 unspecified atom stereocenters. The SMILES string of the molecule is C=C(CS(F)(F)(F)(F)F)C(=O)OC. The van der Waals surface area contributed by atoms with Gasteiger partial charge in [-0.05, 0) is 0 Å². The Morgan fingerprint density at radius 3 is 1.92 bits per heavy atom. The van der Waals surface area contributed by atoms with E-state index in [1.54, 1.807) is 0 Å². The largest absolute Gasteiger partial charge is 0.466 e. The lowest BCUT2D eigenvalue weighted by molar-refractivity contribution is -0.136. The van der Waals surface area contributed by atoms with Crippen molar-refractivity contribution >= 4 is 16.2 Å². The minimum Gasteiger partial charge on any atom is -0.466 e. The number of esters is 1. The first-order valence-corrected chi connectivity index (χ1v) is 4.95. The summed E-state index contributed by atoms with van der Waals surface area (Å²) in [5.41, 5.74) is -1.30. The van der Waals surface area contributed by atoms with Gasteiger partial charge < -0.3 is 4.74 Å². The smallest absolute Gasteiger partial charge is 0.334 e. The fourth-order valence-corrected chi connectivity index (χ4v) is 1.31. The van der Waals surface area contributed by atoms with Crippen molar-refractivity contribution in [3.05, 3.63) is 12.2 Å². The molecule has 0 aliphatic rings. The van der Waals surface area contributed by atoms with Gasteiger partial charge >= 0.3 is 5.97 Å². The van der Waals surface area contributed by atoms with E-state index < -0.39 is 27.5 Å². The maximum Gasteiger partial charge on any atom is 0.334 e. The summed E-state index contributed by atoms with van der Waals surface area (Å²) < 4.78 is 62.3. The first kappa shape index (κ1) is 12.2. The Balaban J connectivity index is 4.68. The molecule has 0 saturated carbocycles. The van der Waals surface area contributed by atoms with E-state index in [-0.39, 0.29) is 0 Å². The zero-order valence-corrected chi connectivity index (χ0v) is 7.35. The predicted molar refractivity (Wildman–Crippen MR) is 39.2 cm³/mol. The molecule has 0 atom stereocenters. The third-order valence-electron chi connectivity index (χ3n) is 0.921. The number of methoxy groups -OCH3 is 1. The highest BCUT2D eigenvalue weighted by Gasteiger charge is 2.64. The quantitative estimate of drug-likeness (QED) is 0.420. The van der Waals surface area contributed by atoms with E-state index in [9.17, 15) is 24.2 Å². The molecule has 0 aromatic rings. The van der Waals surface area contributed by atoms with E-state index >= 15 is 0 Å². The van der Waals surface area contributed by atoms with Crippen molar-refractivity contribution in [1.82, 2.24) is 0 Å². The van der Waals surface area contributed by atoms with E-state index in [0.717, 1.165) is 7.11 Å². The second kappa shape index (κ2) is 2.37. The van der Waals surface area contributed by atoms with Gasteiger partial charge in [-0.25, -0.2) is 4.79 Å². The van der Waals surface area contributed by atoms with Crippen molar-refractivity contribution in [2.24, 2.45) is 0 Å². The normalized spacial score (nSPS) is 17.1. The standard InChI is InChI=1S/C5H7F5O2S/c1-4(5(11)12-2)3-13(6,7,8,9)10/h1,3H2,2H3. The molecule has 0 aliphatic heterocycles. The zero-order valence-electron chi connectivity index (χ0n) is 6.53. The van der Waals surface area contributed by atoms with Gasteiger partial charge in [-0.1, -0.05) is 26.0 Å². The first-order chi connectivity index (χ1) is 5.34. The highest BCUT2D eigenvalue weighted by molar-refractivity contribution is 8.45. The summed E-state index contributed by atoms with van der Waals surface area (Å²) in [5.74, 6) is -4.10. The molecule has 0 fully saturated rings. The van der Waals surface area contributed by atoms with Crippen LogP contribution < -0.4 is 0 Å². The maximum atomic E-state index is 11.7. The molecule has 0 saturated heterocycles. The highest BCUT2D eigenvalue weighted by atomic mass is 32.5. The van der Waals surface area contributed by atoms with Gasteiger partial charge in [0.15, 0.2) is 0 Å². The average Bonchev–Trinajstić information content (AvgIpc) is 1.78. The van der Waals surface area contributed by atoms with Gasteiger partial charge in [-0.2, -0.15) is 0 Å². The molecule has 13 heavy (non-hydrogen) atoms. The van der Waals surface area contributed by atoms with Gasteiger partial charge in [0.05, 0.1) is 7.11 Å². The Kier molecular flexibility index (Phi) is 2.23. The van der Waals surface area contributed by atoms with Gasteiger partial charge in [0.25, 0.3) is 10.2 Å². The Morgan fingerprint density at radius 2 is 1.69 bits per heavy atom. The van der Waals surface area contributed by atoms with Crippen LogP contribution >= 0.6 is 10.2 Å². The monoisotopic (exact) mass is 226 g/mol. The van der Waals surface area contributed by atoms with Gasteiger partial charge in [-0.3, -0.25) is 0 Å². The molecule has 0 N–H and O–H groups in total. The third-order valence-corrected chi connectivity index (χ3v) is 1.82. The van der Waals surface area contributed by atoms with Crippen molar-refractivity contribution in [3.63, 3.8) is 0 Å². The maximum absolute atomic E-state index is 11.7. The topological polar surface area (TPSA) is 26.3 Å². The number of rotatable bonds is 3. The average molecular weight is 226 g/mol. The van der Waals surface area contributed by atoms with Crippen LogP contribution in [0.4, 0.5) is 19.4 Å². The van der Waals surface area contributed by atoms with Gasteiger partial charge in [-0.15, -0.1) is 0 Å². The number of halogens is 5. The first-order valence-electron chi connectivity index (χ1n) is 2.83. The summed E-state index contributed by atoms with van der Waals surface area (Å²) in [6, 6.07) is 0. The molecule has 0 amide bonds. The van der Waals surface area contributed by atoms with Crippen LogP contribution in [0.15, 0.2) is 12.2 Å². The third kappa shape index (κ3) is 6.38. The molecule has 0 bridgehead atoms. The van der Waals surface area contributed by atoms with E-state index in [2.05, 4.69) is 11.3 Å². The summed E-state index contributed by atoms with van der Waals surface area (Å²) in [6.45, 7) is 2.56. The zero-order chi connectivity index (χ0) is 11.0. The lowest BCUT2D eigenvalue weighted by Crippen LogP contribution is -2.18. The van der Waals surface area contributed by atoms with Crippen LogP contribution in [0.3, 0.4) is 0 Å². The van der Waals surface area contributed by atoms with Crippen molar-refractivity contribution in [2.45, 2.75) is 0 Å². The summed E-state index contributed by atoms with van der Waals surface area (Å²) in [7, 11) is -8.81. The van der Waals surface area contributed by atoms with Crippen molar-refractivity contribution < 1.29 is 29.0 Å². The van der Waals surface area contributed by atoms with Gasteiger partial charge in [0.1, 0.15) is 5.75 Å². The molecule has 0 aliphatic carbocycles. The van der Waals surface area contributed by atoms with Gasteiger partial charge in [0.2, 0.25) is 0 Å². The fourth-order valence-electron chi connectivity index (χ4n) is 0.533. The Hall–Kier alpha value is -0.790. The molecule has 0 heterocycles. The van der Waals surface area contributed by atoms with Crippen LogP contribution in [-0.2, 0) is 9.53 Å².